The number of amides is 2. The second-order valence-corrected chi connectivity index (χ2v) is 7.38. The Morgan fingerprint density at radius 2 is 1.71 bits per heavy atom. The summed E-state index contributed by atoms with van der Waals surface area (Å²) in [5, 5.41) is 3.18. The first-order valence-corrected chi connectivity index (χ1v) is 7.95. The number of hydrogen-bond acceptors (Lipinski definition) is 1. The van der Waals surface area contributed by atoms with Gasteiger partial charge in [-0.1, -0.05) is 58.9 Å². The normalized spacial score (nSPS) is 16.6. The average Bonchev–Trinajstić information content (AvgIpc) is 2.32. The highest BCUT2D eigenvalue weighted by Gasteiger charge is 2.25. The Balaban J connectivity index is 2.12. The fraction of sp³-hybridized carbons (Fsp3) is 0.611. The zero-order valence-electron chi connectivity index (χ0n) is 13.9. The largest absolute Gasteiger partial charge is 0.331 e. The van der Waals surface area contributed by atoms with Crippen molar-refractivity contribution in [3.05, 3.63) is 35.4 Å². The number of hydrogen-bond donors (Lipinski definition) is 1. The molecule has 1 aliphatic heterocycles. The molecule has 0 bridgehead atoms. The van der Waals surface area contributed by atoms with Gasteiger partial charge in [-0.3, -0.25) is 0 Å². The number of likely N-dealkylation sites (tertiary alicyclic amines) is 1. The summed E-state index contributed by atoms with van der Waals surface area (Å²) in [5.74, 6) is 0.371. The van der Waals surface area contributed by atoms with Gasteiger partial charge in [0.2, 0.25) is 0 Å². The Hall–Kier alpha value is -1.51. The molecule has 2 rings (SSSR count). The molecule has 0 aliphatic carbocycles. The van der Waals surface area contributed by atoms with E-state index in [4.69, 9.17) is 0 Å². The lowest BCUT2D eigenvalue weighted by Crippen LogP contribution is -2.49. The Labute approximate surface area is 128 Å². The lowest BCUT2D eigenvalue weighted by Gasteiger charge is -2.34. The van der Waals surface area contributed by atoms with E-state index >= 15 is 0 Å². The van der Waals surface area contributed by atoms with Crippen LogP contribution in [0.2, 0.25) is 0 Å². The second-order valence-electron chi connectivity index (χ2n) is 7.38. The van der Waals surface area contributed by atoms with Crippen LogP contribution in [0.15, 0.2) is 24.3 Å². The molecule has 1 atom stereocenters. The number of nitrogens with zero attached hydrogens (tertiary/aromatic N) is 1. The smallest absolute Gasteiger partial charge is 0.317 e. The van der Waals surface area contributed by atoms with Crippen LogP contribution in [0.3, 0.4) is 0 Å². The standard InChI is InChI=1S/C18H28N2O/c1-13(2)16(19-17(21)20-11-6-12-20)14-7-9-15(10-8-14)18(3,4)5/h7-10,13,16H,6,11-12H2,1-5H3,(H,19,21)/t16-/m1/s1. The molecule has 0 unspecified atom stereocenters. The third-order valence-corrected chi connectivity index (χ3v) is 4.22. The lowest BCUT2D eigenvalue weighted by molar-refractivity contribution is 0.161. The Morgan fingerprint density at radius 1 is 1.14 bits per heavy atom. The van der Waals surface area contributed by atoms with E-state index < -0.39 is 0 Å². The average molecular weight is 288 g/mol. The van der Waals surface area contributed by atoms with Gasteiger partial charge in [-0.25, -0.2) is 4.79 Å². The minimum absolute atomic E-state index is 0.0693. The van der Waals surface area contributed by atoms with Gasteiger partial charge in [0.05, 0.1) is 6.04 Å². The molecule has 1 saturated heterocycles. The molecule has 1 aromatic carbocycles. The van der Waals surface area contributed by atoms with Crippen LogP contribution in [0, 0.1) is 5.92 Å². The van der Waals surface area contributed by atoms with Crippen molar-refractivity contribution in [2.75, 3.05) is 13.1 Å². The molecule has 0 aromatic heterocycles. The minimum Gasteiger partial charge on any atom is -0.331 e. The highest BCUT2D eigenvalue weighted by Crippen LogP contribution is 2.27. The summed E-state index contributed by atoms with van der Waals surface area (Å²) in [6.45, 7) is 12.7. The van der Waals surface area contributed by atoms with Gasteiger partial charge in [0.15, 0.2) is 0 Å². The zero-order valence-corrected chi connectivity index (χ0v) is 13.9. The van der Waals surface area contributed by atoms with Crippen molar-refractivity contribution in [2.45, 2.75) is 52.5 Å². The van der Waals surface area contributed by atoms with Gasteiger partial charge in [-0.05, 0) is 28.9 Å². The molecule has 116 valence electrons. The van der Waals surface area contributed by atoms with Gasteiger partial charge >= 0.3 is 6.03 Å². The Morgan fingerprint density at radius 3 is 2.10 bits per heavy atom. The molecule has 1 fully saturated rings. The Kier molecular flexibility index (Phi) is 4.60. The molecule has 1 N–H and O–H groups in total. The van der Waals surface area contributed by atoms with Crippen LogP contribution < -0.4 is 5.32 Å². The van der Waals surface area contributed by atoms with Gasteiger partial charge in [0.1, 0.15) is 0 Å². The molecule has 3 nitrogen and oxygen atoms in total. The molecular weight excluding hydrogens is 260 g/mol. The summed E-state index contributed by atoms with van der Waals surface area (Å²) in [5.41, 5.74) is 2.67. The van der Waals surface area contributed by atoms with Crippen LogP contribution >= 0.6 is 0 Å². The van der Waals surface area contributed by atoms with E-state index in [0.29, 0.717) is 5.92 Å². The highest BCUT2D eigenvalue weighted by molar-refractivity contribution is 5.75. The summed E-state index contributed by atoms with van der Waals surface area (Å²) in [7, 11) is 0. The molecule has 0 spiro atoms. The molecule has 1 heterocycles. The monoisotopic (exact) mass is 288 g/mol. The van der Waals surface area contributed by atoms with Gasteiger partial charge in [0.25, 0.3) is 0 Å². The molecule has 2 amide bonds. The number of carbonyl (C=O) groups excluding carboxylic acids is 1. The van der Waals surface area contributed by atoms with Crippen LogP contribution in [-0.2, 0) is 5.41 Å². The number of carbonyl (C=O) groups is 1. The number of urea groups is 1. The Bertz CT molecular complexity index is 481. The van der Waals surface area contributed by atoms with E-state index in [1.165, 1.54) is 11.1 Å². The van der Waals surface area contributed by atoms with E-state index in [1.54, 1.807) is 0 Å². The highest BCUT2D eigenvalue weighted by atomic mass is 16.2. The predicted molar refractivity (Wildman–Crippen MR) is 87.4 cm³/mol. The van der Waals surface area contributed by atoms with Crippen LogP contribution in [0.5, 0.6) is 0 Å². The maximum atomic E-state index is 12.2. The first-order valence-electron chi connectivity index (χ1n) is 7.95. The van der Waals surface area contributed by atoms with Gasteiger partial charge < -0.3 is 10.2 Å². The molecule has 21 heavy (non-hydrogen) atoms. The summed E-state index contributed by atoms with van der Waals surface area (Å²) in [6, 6.07) is 8.82. The molecular formula is C18H28N2O. The van der Waals surface area contributed by atoms with Crippen molar-refractivity contribution >= 4 is 6.03 Å². The third kappa shape index (κ3) is 3.78. The SMILES string of the molecule is CC(C)[C@@H](NC(=O)N1CCC1)c1ccc(C(C)(C)C)cc1. The van der Waals surface area contributed by atoms with Gasteiger partial charge in [-0.15, -0.1) is 0 Å². The second kappa shape index (κ2) is 6.08. The molecule has 3 heteroatoms. The van der Waals surface area contributed by atoms with Crippen molar-refractivity contribution in [1.82, 2.24) is 10.2 Å². The maximum absolute atomic E-state index is 12.2. The van der Waals surface area contributed by atoms with Crippen molar-refractivity contribution in [1.29, 1.82) is 0 Å². The van der Waals surface area contributed by atoms with Gasteiger partial charge in [0, 0.05) is 13.1 Å². The fourth-order valence-electron chi connectivity index (χ4n) is 2.57. The lowest BCUT2D eigenvalue weighted by atomic mass is 9.85. The molecule has 0 radical (unpaired) electrons. The van der Waals surface area contributed by atoms with E-state index in [0.717, 1.165) is 19.5 Å². The van der Waals surface area contributed by atoms with E-state index in [9.17, 15) is 4.79 Å². The summed E-state index contributed by atoms with van der Waals surface area (Å²) >= 11 is 0. The molecule has 1 aromatic rings. The topological polar surface area (TPSA) is 32.3 Å². The quantitative estimate of drug-likeness (QED) is 0.892. The maximum Gasteiger partial charge on any atom is 0.317 e. The number of nitrogens with one attached hydrogen (secondary N) is 1. The van der Waals surface area contributed by atoms with Gasteiger partial charge in [-0.2, -0.15) is 0 Å². The summed E-state index contributed by atoms with van der Waals surface area (Å²) in [6.07, 6.45) is 1.13. The van der Waals surface area contributed by atoms with E-state index in [-0.39, 0.29) is 17.5 Å². The minimum atomic E-state index is 0.0693. The third-order valence-electron chi connectivity index (χ3n) is 4.22. The number of benzene rings is 1. The van der Waals surface area contributed by atoms with E-state index in [1.807, 2.05) is 4.90 Å². The van der Waals surface area contributed by atoms with Crippen LogP contribution in [-0.4, -0.2) is 24.0 Å². The summed E-state index contributed by atoms with van der Waals surface area (Å²) < 4.78 is 0. The first-order chi connectivity index (χ1) is 9.79. The zero-order chi connectivity index (χ0) is 15.6. The van der Waals surface area contributed by atoms with E-state index in [2.05, 4.69) is 64.2 Å². The van der Waals surface area contributed by atoms with Crippen molar-refractivity contribution in [3.63, 3.8) is 0 Å². The van der Waals surface area contributed by atoms with Crippen molar-refractivity contribution in [2.24, 2.45) is 5.92 Å². The van der Waals surface area contributed by atoms with Crippen LogP contribution in [0.1, 0.15) is 58.2 Å². The van der Waals surface area contributed by atoms with Crippen LogP contribution in [0.25, 0.3) is 0 Å². The van der Waals surface area contributed by atoms with Crippen molar-refractivity contribution in [3.8, 4) is 0 Å². The summed E-state index contributed by atoms with van der Waals surface area (Å²) in [4.78, 5) is 14.0. The van der Waals surface area contributed by atoms with Crippen LogP contribution in [0.4, 0.5) is 4.79 Å². The first kappa shape index (κ1) is 15.9. The molecule has 0 saturated carbocycles. The fourth-order valence-corrected chi connectivity index (χ4v) is 2.57. The number of rotatable bonds is 3. The van der Waals surface area contributed by atoms with Crippen molar-refractivity contribution < 1.29 is 4.79 Å². The molecule has 1 aliphatic rings. The predicted octanol–water partition coefficient (Wildman–Crippen LogP) is 4.10.